The summed E-state index contributed by atoms with van der Waals surface area (Å²) in [4.78, 5) is 4.28. The zero-order chi connectivity index (χ0) is 11.3. The zero-order valence-electron chi connectivity index (χ0n) is 9.83. The maximum absolute atomic E-state index is 5.12. The molecule has 0 spiro atoms. The van der Waals surface area contributed by atoms with Crippen molar-refractivity contribution in [2.75, 3.05) is 12.8 Å². The second-order valence-corrected chi connectivity index (χ2v) is 5.33. The Labute approximate surface area is 95.2 Å². The fourth-order valence-electron chi connectivity index (χ4n) is 1.12. The Morgan fingerprint density at radius 3 is 2.73 bits per heavy atom. The lowest BCUT2D eigenvalue weighted by atomic mass is 10.1. The quantitative estimate of drug-likeness (QED) is 0.835. The van der Waals surface area contributed by atoms with E-state index in [0.29, 0.717) is 0 Å². The highest BCUT2D eigenvalue weighted by Crippen LogP contribution is 2.06. The minimum absolute atomic E-state index is 0.141. The summed E-state index contributed by atoms with van der Waals surface area (Å²) in [5.41, 5.74) is 0.141. The second kappa shape index (κ2) is 5.51. The third-order valence-electron chi connectivity index (χ3n) is 1.78. The lowest BCUT2D eigenvalue weighted by Gasteiger charge is -2.19. The van der Waals surface area contributed by atoms with E-state index in [4.69, 9.17) is 4.52 Å². The Bertz CT molecular complexity index is 293. The van der Waals surface area contributed by atoms with E-state index < -0.39 is 0 Å². The van der Waals surface area contributed by atoms with Gasteiger partial charge >= 0.3 is 0 Å². The molecule has 0 bridgehead atoms. The molecule has 0 saturated carbocycles. The van der Waals surface area contributed by atoms with Gasteiger partial charge < -0.3 is 9.84 Å². The number of hydrogen-bond donors (Lipinski definition) is 1. The standard InChI is InChI=1S/C10H19N3OS/c1-10(2,3)11-6-5-9-12-8(7-15-4)13-14-9/h11H,5-7H2,1-4H3. The van der Waals surface area contributed by atoms with Gasteiger partial charge in [-0.1, -0.05) is 5.16 Å². The molecule has 0 amide bonds. The molecule has 1 rings (SSSR count). The topological polar surface area (TPSA) is 51.0 Å². The minimum atomic E-state index is 0.141. The molecule has 1 heterocycles. The fourth-order valence-corrected chi connectivity index (χ4v) is 1.50. The van der Waals surface area contributed by atoms with Gasteiger partial charge in [0.15, 0.2) is 5.82 Å². The third kappa shape index (κ3) is 5.18. The molecule has 0 aliphatic rings. The van der Waals surface area contributed by atoms with Gasteiger partial charge in [0, 0.05) is 18.5 Å². The molecule has 86 valence electrons. The van der Waals surface area contributed by atoms with Crippen molar-refractivity contribution < 1.29 is 4.52 Å². The van der Waals surface area contributed by atoms with Crippen LogP contribution in [0, 0.1) is 0 Å². The molecule has 0 radical (unpaired) electrons. The van der Waals surface area contributed by atoms with Gasteiger partial charge in [0.1, 0.15) is 0 Å². The van der Waals surface area contributed by atoms with Crippen LogP contribution in [0.3, 0.4) is 0 Å². The van der Waals surface area contributed by atoms with E-state index in [-0.39, 0.29) is 5.54 Å². The maximum atomic E-state index is 5.12. The van der Waals surface area contributed by atoms with Gasteiger partial charge in [-0.05, 0) is 27.0 Å². The van der Waals surface area contributed by atoms with E-state index >= 15 is 0 Å². The van der Waals surface area contributed by atoms with Crippen molar-refractivity contribution >= 4 is 11.8 Å². The molecule has 0 aliphatic heterocycles. The maximum Gasteiger partial charge on any atom is 0.227 e. The lowest BCUT2D eigenvalue weighted by Crippen LogP contribution is -2.37. The van der Waals surface area contributed by atoms with Crippen LogP contribution in [0.2, 0.25) is 0 Å². The summed E-state index contributed by atoms with van der Waals surface area (Å²) in [7, 11) is 0. The van der Waals surface area contributed by atoms with Crippen molar-refractivity contribution in [1.29, 1.82) is 0 Å². The predicted octanol–water partition coefficient (Wildman–Crippen LogP) is 1.86. The Morgan fingerprint density at radius 1 is 1.40 bits per heavy atom. The largest absolute Gasteiger partial charge is 0.339 e. The molecule has 1 N–H and O–H groups in total. The van der Waals surface area contributed by atoms with Gasteiger partial charge in [0.2, 0.25) is 5.89 Å². The van der Waals surface area contributed by atoms with Gasteiger partial charge in [-0.15, -0.1) is 0 Å². The van der Waals surface area contributed by atoms with Crippen LogP contribution >= 0.6 is 11.8 Å². The number of nitrogens with one attached hydrogen (secondary N) is 1. The fraction of sp³-hybridized carbons (Fsp3) is 0.800. The van der Waals surface area contributed by atoms with E-state index in [0.717, 1.165) is 30.4 Å². The molecule has 1 aromatic rings. The predicted molar refractivity (Wildman–Crippen MR) is 63.0 cm³/mol. The summed E-state index contributed by atoms with van der Waals surface area (Å²) in [6, 6.07) is 0. The molecule has 1 aromatic heterocycles. The minimum Gasteiger partial charge on any atom is -0.339 e. The second-order valence-electron chi connectivity index (χ2n) is 4.46. The van der Waals surface area contributed by atoms with Crippen molar-refractivity contribution in [2.45, 2.75) is 38.5 Å². The summed E-state index contributed by atoms with van der Waals surface area (Å²) in [5.74, 6) is 2.32. The van der Waals surface area contributed by atoms with Crippen LogP contribution in [0.5, 0.6) is 0 Å². The first kappa shape index (κ1) is 12.5. The average Bonchev–Trinajstić information content (AvgIpc) is 2.51. The molecule has 5 heteroatoms. The van der Waals surface area contributed by atoms with Crippen molar-refractivity contribution in [1.82, 2.24) is 15.5 Å². The zero-order valence-corrected chi connectivity index (χ0v) is 10.6. The van der Waals surface area contributed by atoms with E-state index in [1.165, 1.54) is 0 Å². The van der Waals surface area contributed by atoms with Gasteiger partial charge in [-0.2, -0.15) is 16.7 Å². The summed E-state index contributed by atoms with van der Waals surface area (Å²) in [5, 5.41) is 7.26. The summed E-state index contributed by atoms with van der Waals surface area (Å²) in [6.07, 6.45) is 2.82. The van der Waals surface area contributed by atoms with Crippen molar-refractivity contribution in [3.05, 3.63) is 11.7 Å². The van der Waals surface area contributed by atoms with Crippen LogP contribution in [0.1, 0.15) is 32.5 Å². The molecule has 4 nitrogen and oxygen atoms in total. The number of rotatable bonds is 5. The Hall–Kier alpha value is -0.550. The van der Waals surface area contributed by atoms with Gasteiger partial charge in [0.25, 0.3) is 0 Å². The number of thioether (sulfide) groups is 1. The molecule has 0 aromatic carbocycles. The number of aromatic nitrogens is 2. The molecule has 15 heavy (non-hydrogen) atoms. The Balaban J connectivity index is 2.31. The highest BCUT2D eigenvalue weighted by Gasteiger charge is 2.10. The first-order valence-corrected chi connectivity index (χ1v) is 6.46. The number of hydrogen-bond acceptors (Lipinski definition) is 5. The number of nitrogens with zero attached hydrogens (tertiary/aromatic N) is 2. The van der Waals surface area contributed by atoms with Crippen LogP contribution < -0.4 is 5.32 Å². The van der Waals surface area contributed by atoms with Crippen molar-refractivity contribution in [2.24, 2.45) is 0 Å². The van der Waals surface area contributed by atoms with E-state index in [2.05, 4.69) is 36.2 Å². The van der Waals surface area contributed by atoms with Crippen LogP contribution in [-0.2, 0) is 12.2 Å². The summed E-state index contributed by atoms with van der Waals surface area (Å²) in [6.45, 7) is 7.28. The lowest BCUT2D eigenvalue weighted by molar-refractivity contribution is 0.359. The van der Waals surface area contributed by atoms with Crippen LogP contribution in [-0.4, -0.2) is 28.5 Å². The smallest absolute Gasteiger partial charge is 0.227 e. The average molecular weight is 229 g/mol. The summed E-state index contributed by atoms with van der Waals surface area (Å²) < 4.78 is 5.12. The third-order valence-corrected chi connectivity index (χ3v) is 2.32. The molecule has 0 unspecified atom stereocenters. The molecule has 0 fully saturated rings. The normalized spacial score (nSPS) is 12.0. The van der Waals surface area contributed by atoms with Crippen LogP contribution in [0.4, 0.5) is 0 Å². The Morgan fingerprint density at radius 2 is 2.13 bits per heavy atom. The molecule has 0 atom stereocenters. The monoisotopic (exact) mass is 229 g/mol. The van der Waals surface area contributed by atoms with Crippen molar-refractivity contribution in [3.8, 4) is 0 Å². The molecule has 0 saturated heterocycles. The van der Waals surface area contributed by atoms with E-state index in [9.17, 15) is 0 Å². The van der Waals surface area contributed by atoms with Crippen molar-refractivity contribution in [3.63, 3.8) is 0 Å². The SMILES string of the molecule is CSCc1noc(CCNC(C)(C)C)n1. The molecular formula is C10H19N3OS. The summed E-state index contributed by atoms with van der Waals surface area (Å²) >= 11 is 1.70. The highest BCUT2D eigenvalue weighted by molar-refractivity contribution is 7.97. The first-order valence-electron chi connectivity index (χ1n) is 5.07. The first-order chi connectivity index (χ1) is 7.01. The van der Waals surface area contributed by atoms with Gasteiger partial charge in [-0.3, -0.25) is 0 Å². The highest BCUT2D eigenvalue weighted by atomic mass is 32.2. The van der Waals surface area contributed by atoms with Crippen LogP contribution in [0.25, 0.3) is 0 Å². The molecular weight excluding hydrogens is 210 g/mol. The Kier molecular flexibility index (Phi) is 4.60. The van der Waals surface area contributed by atoms with E-state index in [1.807, 2.05) is 6.26 Å². The van der Waals surface area contributed by atoms with Gasteiger partial charge in [0.05, 0.1) is 5.75 Å². The molecule has 0 aliphatic carbocycles. The van der Waals surface area contributed by atoms with Gasteiger partial charge in [-0.25, -0.2) is 0 Å². The van der Waals surface area contributed by atoms with E-state index in [1.54, 1.807) is 11.8 Å². The van der Waals surface area contributed by atoms with Crippen LogP contribution in [0.15, 0.2) is 4.52 Å².